The van der Waals surface area contributed by atoms with Crippen molar-refractivity contribution in [3.8, 4) is 0 Å². The van der Waals surface area contributed by atoms with E-state index < -0.39 is 0 Å². The molecule has 0 heterocycles. The van der Waals surface area contributed by atoms with Crippen LogP contribution >= 0.6 is 0 Å². The zero-order valence-electron chi connectivity index (χ0n) is 9.66. The van der Waals surface area contributed by atoms with E-state index in [2.05, 4.69) is 0 Å². The Balaban J connectivity index is 4.00. The third kappa shape index (κ3) is 6.85. The lowest BCUT2D eigenvalue weighted by Crippen LogP contribution is -2.16. The highest BCUT2D eigenvalue weighted by Gasteiger charge is 2.08. The summed E-state index contributed by atoms with van der Waals surface area (Å²) in [4.78, 5) is 23.7. The molecule has 86 valence electrons. The summed E-state index contributed by atoms with van der Waals surface area (Å²) < 4.78 is 5.13. The van der Waals surface area contributed by atoms with Crippen molar-refractivity contribution in [1.82, 2.24) is 4.90 Å². The Morgan fingerprint density at radius 2 is 2.07 bits per heavy atom. The van der Waals surface area contributed by atoms with Gasteiger partial charge in [0, 0.05) is 26.9 Å². The zero-order chi connectivity index (χ0) is 11.7. The monoisotopic (exact) mass is 213 g/mol. The lowest BCUT2D eigenvalue weighted by molar-refractivity contribution is -0.121. The standard InChI is InChI=1S/C11H19NO3/c1-4-5-6-15-9-11(14)10(8-13)7-12(2)3/h7-8H,4-6,9H2,1-3H3/b10-7+. The number of Topliss-reactive ketones (excluding diaryl/α,β-unsaturated/α-hetero) is 1. The van der Waals surface area contributed by atoms with Crippen LogP contribution in [0.5, 0.6) is 0 Å². The van der Waals surface area contributed by atoms with Crippen LogP contribution in [0.2, 0.25) is 0 Å². The van der Waals surface area contributed by atoms with Gasteiger partial charge in [0.1, 0.15) is 6.61 Å². The van der Waals surface area contributed by atoms with Crippen molar-refractivity contribution in [2.24, 2.45) is 0 Å². The molecule has 0 radical (unpaired) electrons. The predicted octanol–water partition coefficient (Wildman–Crippen LogP) is 1.02. The van der Waals surface area contributed by atoms with E-state index in [9.17, 15) is 9.59 Å². The second-order valence-electron chi connectivity index (χ2n) is 3.50. The van der Waals surface area contributed by atoms with Gasteiger partial charge >= 0.3 is 0 Å². The third-order valence-electron chi connectivity index (χ3n) is 1.72. The minimum absolute atomic E-state index is 0.0155. The molecule has 0 saturated heterocycles. The second kappa shape index (κ2) is 8.17. The van der Waals surface area contributed by atoms with Crippen molar-refractivity contribution in [3.63, 3.8) is 0 Å². The molecule has 0 aromatic rings. The molecule has 0 rings (SSSR count). The maximum absolute atomic E-state index is 11.4. The molecular weight excluding hydrogens is 194 g/mol. The summed E-state index contributed by atoms with van der Waals surface area (Å²) >= 11 is 0. The van der Waals surface area contributed by atoms with Gasteiger partial charge in [0.05, 0.1) is 5.57 Å². The third-order valence-corrected chi connectivity index (χ3v) is 1.72. The van der Waals surface area contributed by atoms with Crippen LogP contribution in [0.4, 0.5) is 0 Å². The van der Waals surface area contributed by atoms with Crippen LogP contribution in [0.15, 0.2) is 11.8 Å². The van der Waals surface area contributed by atoms with Crippen molar-refractivity contribution in [1.29, 1.82) is 0 Å². The first-order chi connectivity index (χ1) is 7.11. The smallest absolute Gasteiger partial charge is 0.193 e. The van der Waals surface area contributed by atoms with Crippen molar-refractivity contribution < 1.29 is 14.3 Å². The first-order valence-electron chi connectivity index (χ1n) is 5.06. The number of rotatable bonds is 8. The molecule has 0 aromatic carbocycles. The summed E-state index contributed by atoms with van der Waals surface area (Å²) in [7, 11) is 3.52. The van der Waals surface area contributed by atoms with Gasteiger partial charge in [-0.2, -0.15) is 0 Å². The van der Waals surface area contributed by atoms with Gasteiger partial charge in [0.2, 0.25) is 0 Å². The van der Waals surface area contributed by atoms with E-state index in [0.717, 1.165) is 12.8 Å². The summed E-state index contributed by atoms with van der Waals surface area (Å²) in [5.41, 5.74) is 0.150. The van der Waals surface area contributed by atoms with E-state index in [0.29, 0.717) is 12.9 Å². The summed E-state index contributed by atoms with van der Waals surface area (Å²) in [5, 5.41) is 0. The predicted molar refractivity (Wildman–Crippen MR) is 58.6 cm³/mol. The van der Waals surface area contributed by atoms with Gasteiger partial charge in [-0.15, -0.1) is 0 Å². The number of ether oxygens (including phenoxy) is 1. The van der Waals surface area contributed by atoms with E-state index in [1.54, 1.807) is 19.0 Å². The van der Waals surface area contributed by atoms with E-state index in [-0.39, 0.29) is 18.0 Å². The molecule has 0 bridgehead atoms. The molecular formula is C11H19NO3. The average Bonchev–Trinajstić information content (AvgIpc) is 2.20. The molecule has 4 heteroatoms. The Kier molecular flexibility index (Phi) is 7.54. The topological polar surface area (TPSA) is 46.6 Å². The number of aldehydes is 1. The Labute approximate surface area is 90.9 Å². The van der Waals surface area contributed by atoms with Crippen LogP contribution < -0.4 is 0 Å². The normalized spacial score (nSPS) is 11.3. The largest absolute Gasteiger partial charge is 0.383 e. The summed E-state index contributed by atoms with van der Waals surface area (Å²) in [6.45, 7) is 2.60. The quantitative estimate of drug-likeness (QED) is 0.198. The lowest BCUT2D eigenvalue weighted by atomic mass is 10.2. The van der Waals surface area contributed by atoms with Crippen LogP contribution in [0.25, 0.3) is 0 Å². The number of hydrogen-bond acceptors (Lipinski definition) is 4. The van der Waals surface area contributed by atoms with Gasteiger partial charge in [0.25, 0.3) is 0 Å². The summed E-state index contributed by atoms with van der Waals surface area (Å²) in [6.07, 6.45) is 4.02. The molecule has 0 saturated carbocycles. The Bertz CT molecular complexity index is 234. The van der Waals surface area contributed by atoms with Crippen LogP contribution in [-0.2, 0) is 14.3 Å². The molecule has 4 nitrogen and oxygen atoms in total. The summed E-state index contributed by atoms with van der Waals surface area (Å²) in [6, 6.07) is 0. The fourth-order valence-corrected chi connectivity index (χ4v) is 0.941. The number of unbranched alkanes of at least 4 members (excludes halogenated alkanes) is 1. The lowest BCUT2D eigenvalue weighted by Gasteiger charge is -2.07. The van der Waals surface area contributed by atoms with E-state index in [4.69, 9.17) is 4.74 Å². The minimum Gasteiger partial charge on any atom is -0.383 e. The zero-order valence-corrected chi connectivity index (χ0v) is 9.66. The van der Waals surface area contributed by atoms with Gasteiger partial charge in [-0.05, 0) is 6.42 Å². The van der Waals surface area contributed by atoms with E-state index in [1.807, 2.05) is 6.92 Å². The van der Waals surface area contributed by atoms with Crippen molar-refractivity contribution >= 4 is 12.1 Å². The maximum Gasteiger partial charge on any atom is 0.193 e. The van der Waals surface area contributed by atoms with Crippen LogP contribution in [0, 0.1) is 0 Å². The first kappa shape index (κ1) is 13.8. The molecule has 0 spiro atoms. The number of nitrogens with zero attached hydrogens (tertiary/aromatic N) is 1. The molecule has 0 aliphatic heterocycles. The molecule has 0 aromatic heterocycles. The van der Waals surface area contributed by atoms with Gasteiger partial charge < -0.3 is 9.64 Å². The van der Waals surface area contributed by atoms with Crippen LogP contribution in [0.1, 0.15) is 19.8 Å². The number of carbonyl (C=O) groups excluding carboxylic acids is 2. The molecule has 0 unspecified atom stereocenters. The maximum atomic E-state index is 11.4. The minimum atomic E-state index is -0.269. The van der Waals surface area contributed by atoms with Gasteiger partial charge in [0.15, 0.2) is 12.1 Å². The number of carbonyl (C=O) groups is 2. The molecule has 0 aliphatic carbocycles. The Morgan fingerprint density at radius 3 is 2.53 bits per heavy atom. The van der Waals surface area contributed by atoms with Crippen LogP contribution in [0.3, 0.4) is 0 Å². The molecule has 0 aliphatic rings. The SMILES string of the molecule is CCCCOCC(=O)/C(C=O)=C/N(C)C. The van der Waals surface area contributed by atoms with Crippen LogP contribution in [-0.4, -0.2) is 44.3 Å². The molecule has 15 heavy (non-hydrogen) atoms. The highest BCUT2D eigenvalue weighted by Crippen LogP contribution is 1.96. The second-order valence-corrected chi connectivity index (χ2v) is 3.50. The highest BCUT2D eigenvalue weighted by atomic mass is 16.5. The average molecular weight is 213 g/mol. The molecule has 0 atom stereocenters. The first-order valence-corrected chi connectivity index (χ1v) is 5.06. The Morgan fingerprint density at radius 1 is 1.40 bits per heavy atom. The molecule has 0 N–H and O–H groups in total. The van der Waals surface area contributed by atoms with Crippen molar-refractivity contribution in [2.45, 2.75) is 19.8 Å². The highest BCUT2D eigenvalue weighted by molar-refractivity contribution is 6.12. The van der Waals surface area contributed by atoms with E-state index in [1.165, 1.54) is 6.20 Å². The number of hydrogen-bond donors (Lipinski definition) is 0. The van der Waals surface area contributed by atoms with Crippen molar-refractivity contribution in [3.05, 3.63) is 11.8 Å². The van der Waals surface area contributed by atoms with Gasteiger partial charge in [-0.25, -0.2) is 0 Å². The fraction of sp³-hybridized carbons (Fsp3) is 0.636. The number of ketones is 1. The molecule has 0 fully saturated rings. The Hall–Kier alpha value is -1.16. The molecule has 0 amide bonds. The van der Waals surface area contributed by atoms with Gasteiger partial charge in [-0.1, -0.05) is 13.3 Å². The van der Waals surface area contributed by atoms with Crippen molar-refractivity contribution in [2.75, 3.05) is 27.3 Å². The fourth-order valence-electron chi connectivity index (χ4n) is 0.941. The van der Waals surface area contributed by atoms with E-state index >= 15 is 0 Å². The van der Waals surface area contributed by atoms with Gasteiger partial charge in [-0.3, -0.25) is 9.59 Å². The summed E-state index contributed by atoms with van der Waals surface area (Å²) in [5.74, 6) is -0.269.